The molecule has 1 heterocycles. The molecule has 0 saturated heterocycles. The second-order valence-electron chi connectivity index (χ2n) is 1.18. The number of nitrogens with one attached hydrogen (secondary N) is 1. The third-order valence-corrected chi connectivity index (χ3v) is 1.18. The van der Waals surface area contributed by atoms with Gasteiger partial charge < -0.3 is 5.11 Å². The van der Waals surface area contributed by atoms with Crippen molar-refractivity contribution in [2.45, 2.75) is 0 Å². The molecule has 5 heteroatoms. The van der Waals surface area contributed by atoms with Gasteiger partial charge in [0.1, 0.15) is 0 Å². The Morgan fingerprint density at radius 2 is 2.12 bits per heavy atom. The van der Waals surface area contributed by atoms with Gasteiger partial charge in [-0.2, -0.15) is 5.10 Å². The van der Waals surface area contributed by atoms with Gasteiger partial charge >= 0.3 is 0 Å². The first kappa shape index (κ1) is 5.72. The fourth-order valence-corrected chi connectivity index (χ4v) is 0.611. The molecule has 0 atom stereocenters. The first-order chi connectivity index (χ1) is 3.72. The highest BCUT2D eigenvalue weighted by molar-refractivity contribution is 6.35. The maximum Gasteiger partial charge on any atom is 0.194 e. The maximum absolute atomic E-state index is 8.69. The molecule has 0 aliphatic heterocycles. The molecule has 8 heavy (non-hydrogen) atoms. The number of hydrogen-bond donors (Lipinski definition) is 2. The number of aromatic hydroxyl groups is 1. The summed E-state index contributed by atoms with van der Waals surface area (Å²) < 4.78 is 0. The van der Waals surface area contributed by atoms with Crippen LogP contribution in [0.4, 0.5) is 0 Å². The topological polar surface area (TPSA) is 48.9 Å². The van der Waals surface area contributed by atoms with E-state index in [0.29, 0.717) is 0 Å². The monoisotopic (exact) mass is 152 g/mol. The summed E-state index contributed by atoms with van der Waals surface area (Å²) in [5, 5.41) is 14.4. The van der Waals surface area contributed by atoms with Crippen molar-refractivity contribution in [3.8, 4) is 5.75 Å². The molecule has 0 aliphatic rings. The number of halogens is 2. The Hall–Kier alpha value is -0.410. The fraction of sp³-hybridized carbons (Fsp3) is 0. The van der Waals surface area contributed by atoms with Gasteiger partial charge in [0.15, 0.2) is 16.1 Å². The lowest BCUT2D eigenvalue weighted by Crippen LogP contribution is -1.61. The van der Waals surface area contributed by atoms with Crippen LogP contribution in [-0.4, -0.2) is 15.3 Å². The van der Waals surface area contributed by atoms with Crippen molar-refractivity contribution in [1.82, 2.24) is 10.2 Å². The molecule has 0 fully saturated rings. The van der Waals surface area contributed by atoms with E-state index in [9.17, 15) is 0 Å². The van der Waals surface area contributed by atoms with E-state index in [1.165, 1.54) is 0 Å². The number of nitrogens with zero attached hydrogens (tertiary/aromatic N) is 1. The summed E-state index contributed by atoms with van der Waals surface area (Å²) in [6.45, 7) is 0. The van der Waals surface area contributed by atoms with Gasteiger partial charge in [0, 0.05) is 0 Å². The predicted molar refractivity (Wildman–Crippen MR) is 30.3 cm³/mol. The van der Waals surface area contributed by atoms with E-state index in [1.807, 2.05) is 0 Å². The zero-order chi connectivity index (χ0) is 6.15. The van der Waals surface area contributed by atoms with E-state index < -0.39 is 0 Å². The lowest BCUT2D eigenvalue weighted by molar-refractivity contribution is 0.476. The van der Waals surface area contributed by atoms with E-state index in [-0.39, 0.29) is 16.1 Å². The highest BCUT2D eigenvalue weighted by Crippen LogP contribution is 2.27. The van der Waals surface area contributed by atoms with Crippen LogP contribution in [0.3, 0.4) is 0 Å². The molecule has 0 aromatic carbocycles. The highest BCUT2D eigenvalue weighted by Gasteiger charge is 2.04. The predicted octanol–water partition coefficient (Wildman–Crippen LogP) is 1.42. The van der Waals surface area contributed by atoms with Gasteiger partial charge in [-0.25, -0.2) is 0 Å². The summed E-state index contributed by atoms with van der Waals surface area (Å²) in [6.07, 6.45) is 0. The lowest BCUT2D eigenvalue weighted by atomic mass is 10.7. The van der Waals surface area contributed by atoms with E-state index in [2.05, 4.69) is 10.2 Å². The maximum atomic E-state index is 8.69. The van der Waals surface area contributed by atoms with E-state index >= 15 is 0 Å². The number of H-pyrrole nitrogens is 1. The quantitative estimate of drug-likeness (QED) is 0.592. The van der Waals surface area contributed by atoms with Crippen LogP contribution in [0.2, 0.25) is 10.3 Å². The molecule has 2 N–H and O–H groups in total. The Balaban J connectivity index is 3.19. The Bertz CT molecular complexity index is 178. The lowest BCUT2D eigenvalue weighted by Gasteiger charge is -1.79. The molecule has 0 saturated carbocycles. The largest absolute Gasteiger partial charge is 0.503 e. The van der Waals surface area contributed by atoms with Crippen LogP contribution in [0.15, 0.2) is 0 Å². The van der Waals surface area contributed by atoms with Crippen molar-refractivity contribution in [2.24, 2.45) is 0 Å². The molecule has 0 spiro atoms. The normalized spacial score (nSPS) is 9.75. The summed E-state index contributed by atoms with van der Waals surface area (Å²) >= 11 is 10.5. The molecule has 1 aromatic rings. The standard InChI is InChI=1S/C3H2Cl2N2O/c4-2-1(8)3(5)7-6-2/h8H,(H,6,7). The zero-order valence-electron chi connectivity index (χ0n) is 3.65. The second-order valence-corrected chi connectivity index (χ2v) is 1.91. The van der Waals surface area contributed by atoms with Crippen LogP contribution in [0.5, 0.6) is 5.75 Å². The van der Waals surface area contributed by atoms with Gasteiger partial charge in [-0.05, 0) is 0 Å². The summed E-state index contributed by atoms with van der Waals surface area (Å²) in [4.78, 5) is 0. The van der Waals surface area contributed by atoms with Crippen LogP contribution in [0.1, 0.15) is 0 Å². The summed E-state index contributed by atoms with van der Waals surface area (Å²) in [6, 6.07) is 0. The molecule has 0 radical (unpaired) electrons. The minimum Gasteiger partial charge on any atom is -0.503 e. The average Bonchev–Trinajstić information content (AvgIpc) is 1.98. The van der Waals surface area contributed by atoms with Gasteiger partial charge in [-0.1, -0.05) is 23.2 Å². The van der Waals surface area contributed by atoms with Crippen LogP contribution < -0.4 is 0 Å². The van der Waals surface area contributed by atoms with Crippen molar-refractivity contribution < 1.29 is 5.11 Å². The number of hydrogen-bond acceptors (Lipinski definition) is 2. The number of aromatic nitrogens is 2. The third kappa shape index (κ3) is 0.743. The molecule has 0 amide bonds. The summed E-state index contributed by atoms with van der Waals surface area (Å²) in [7, 11) is 0. The molecule has 0 aliphatic carbocycles. The average molecular weight is 153 g/mol. The molecule has 0 unspecified atom stereocenters. The Morgan fingerprint density at radius 3 is 2.25 bits per heavy atom. The van der Waals surface area contributed by atoms with Crippen LogP contribution in [0, 0.1) is 0 Å². The van der Waals surface area contributed by atoms with Gasteiger partial charge in [-0.15, -0.1) is 0 Å². The molecule has 44 valence electrons. The minimum absolute atomic E-state index is 0.00463. The summed E-state index contributed by atoms with van der Waals surface area (Å²) in [5.41, 5.74) is 0. The van der Waals surface area contributed by atoms with Crippen LogP contribution in [0.25, 0.3) is 0 Å². The second kappa shape index (κ2) is 1.84. The summed E-state index contributed by atoms with van der Waals surface area (Å²) in [5.74, 6) is -0.201. The Morgan fingerprint density at radius 1 is 1.50 bits per heavy atom. The van der Waals surface area contributed by atoms with Crippen molar-refractivity contribution in [2.75, 3.05) is 0 Å². The first-order valence-corrected chi connectivity index (χ1v) is 2.55. The van der Waals surface area contributed by atoms with Gasteiger partial charge in [0.25, 0.3) is 0 Å². The van der Waals surface area contributed by atoms with Crippen molar-refractivity contribution in [3.63, 3.8) is 0 Å². The fourth-order valence-electron chi connectivity index (χ4n) is 0.295. The SMILES string of the molecule is Oc1c(Cl)n[nH]c1Cl. The Kier molecular flexibility index (Phi) is 1.31. The van der Waals surface area contributed by atoms with Gasteiger partial charge in [0.2, 0.25) is 0 Å². The van der Waals surface area contributed by atoms with Crippen LogP contribution in [-0.2, 0) is 0 Å². The van der Waals surface area contributed by atoms with Crippen molar-refractivity contribution in [1.29, 1.82) is 0 Å². The third-order valence-electron chi connectivity index (χ3n) is 0.656. The number of rotatable bonds is 0. The van der Waals surface area contributed by atoms with Gasteiger partial charge in [-0.3, -0.25) is 5.10 Å². The first-order valence-electron chi connectivity index (χ1n) is 1.80. The Labute approximate surface area is 55.2 Å². The molecular formula is C3H2Cl2N2O. The van der Waals surface area contributed by atoms with Crippen LogP contribution >= 0.6 is 23.2 Å². The van der Waals surface area contributed by atoms with E-state index in [1.54, 1.807) is 0 Å². The smallest absolute Gasteiger partial charge is 0.194 e. The van der Waals surface area contributed by atoms with E-state index in [0.717, 1.165) is 0 Å². The van der Waals surface area contributed by atoms with Gasteiger partial charge in [0.05, 0.1) is 0 Å². The minimum atomic E-state index is -0.201. The molecule has 1 aromatic heterocycles. The van der Waals surface area contributed by atoms with E-state index in [4.69, 9.17) is 28.3 Å². The zero-order valence-corrected chi connectivity index (χ0v) is 5.16. The molecular weight excluding hydrogens is 151 g/mol. The molecule has 1 rings (SSSR count). The van der Waals surface area contributed by atoms with Crippen molar-refractivity contribution in [3.05, 3.63) is 10.3 Å². The molecule has 3 nitrogen and oxygen atoms in total. The molecule has 0 bridgehead atoms. The highest BCUT2D eigenvalue weighted by atomic mass is 35.5. The number of aromatic amines is 1. The van der Waals surface area contributed by atoms with Crippen molar-refractivity contribution >= 4 is 23.2 Å².